The standard InChI is InChI=1S/C16H24N2O2S/c1-12(2)10-18(11-13(3)4)21(19,20)16-7-6-15(9-17)8-14(16)5/h6-8,12-13H,10-11H2,1-5H3. The van der Waals surface area contributed by atoms with Crippen LogP contribution in [0.15, 0.2) is 23.1 Å². The van der Waals surface area contributed by atoms with Crippen molar-refractivity contribution in [2.45, 2.75) is 39.5 Å². The zero-order valence-corrected chi connectivity index (χ0v) is 14.2. The third-order valence-electron chi connectivity index (χ3n) is 3.06. The van der Waals surface area contributed by atoms with Crippen LogP contribution < -0.4 is 0 Å². The average molecular weight is 308 g/mol. The SMILES string of the molecule is Cc1cc(C#N)ccc1S(=O)(=O)N(CC(C)C)CC(C)C. The van der Waals surface area contributed by atoms with Crippen LogP contribution >= 0.6 is 0 Å². The maximum atomic E-state index is 12.9. The summed E-state index contributed by atoms with van der Waals surface area (Å²) in [6.45, 7) is 10.8. The minimum atomic E-state index is -3.52. The van der Waals surface area contributed by atoms with Crippen molar-refractivity contribution in [3.63, 3.8) is 0 Å². The van der Waals surface area contributed by atoms with Crippen LogP contribution in [0, 0.1) is 30.1 Å². The number of hydrogen-bond donors (Lipinski definition) is 0. The predicted molar refractivity (Wildman–Crippen MR) is 84.3 cm³/mol. The van der Waals surface area contributed by atoms with Crippen LogP contribution in [-0.4, -0.2) is 25.8 Å². The molecule has 0 radical (unpaired) electrons. The third kappa shape index (κ3) is 4.55. The lowest BCUT2D eigenvalue weighted by Crippen LogP contribution is -2.37. The van der Waals surface area contributed by atoms with Crippen LogP contribution in [0.3, 0.4) is 0 Å². The molecule has 116 valence electrons. The maximum absolute atomic E-state index is 12.9. The molecule has 0 aromatic heterocycles. The molecule has 21 heavy (non-hydrogen) atoms. The zero-order valence-electron chi connectivity index (χ0n) is 13.4. The van der Waals surface area contributed by atoms with Gasteiger partial charge < -0.3 is 0 Å². The fourth-order valence-electron chi connectivity index (χ4n) is 2.23. The molecular formula is C16H24N2O2S. The first kappa shape index (κ1) is 17.7. The molecule has 0 atom stereocenters. The predicted octanol–water partition coefficient (Wildman–Crippen LogP) is 3.17. The molecule has 1 aromatic carbocycles. The van der Waals surface area contributed by atoms with Crippen molar-refractivity contribution in [1.29, 1.82) is 5.26 Å². The van der Waals surface area contributed by atoms with Gasteiger partial charge in [-0.25, -0.2) is 8.42 Å². The molecule has 0 fully saturated rings. The van der Waals surface area contributed by atoms with Gasteiger partial charge in [-0.05, 0) is 42.5 Å². The molecule has 0 N–H and O–H groups in total. The third-order valence-corrected chi connectivity index (χ3v) is 5.05. The molecule has 0 spiro atoms. The number of hydrogen-bond acceptors (Lipinski definition) is 3. The second-order valence-corrected chi connectivity index (χ2v) is 8.11. The van der Waals surface area contributed by atoms with E-state index in [-0.39, 0.29) is 11.8 Å². The lowest BCUT2D eigenvalue weighted by Gasteiger charge is -2.26. The summed E-state index contributed by atoms with van der Waals surface area (Å²) < 4.78 is 27.3. The van der Waals surface area contributed by atoms with Gasteiger partial charge in [0.15, 0.2) is 0 Å². The summed E-state index contributed by atoms with van der Waals surface area (Å²) in [6, 6.07) is 6.75. The molecule has 0 aliphatic heterocycles. The summed E-state index contributed by atoms with van der Waals surface area (Å²) in [4.78, 5) is 0.294. The molecule has 0 aliphatic carbocycles. The fourth-order valence-corrected chi connectivity index (χ4v) is 4.21. The van der Waals surface area contributed by atoms with E-state index in [1.165, 1.54) is 6.07 Å². The lowest BCUT2D eigenvalue weighted by molar-refractivity contribution is 0.333. The Morgan fingerprint density at radius 1 is 1.14 bits per heavy atom. The van der Waals surface area contributed by atoms with Crippen molar-refractivity contribution in [2.75, 3.05) is 13.1 Å². The van der Waals surface area contributed by atoms with Crippen LogP contribution in [0.4, 0.5) is 0 Å². The van der Waals surface area contributed by atoms with Gasteiger partial charge in [-0.3, -0.25) is 0 Å². The molecule has 1 rings (SSSR count). The van der Waals surface area contributed by atoms with E-state index in [0.29, 0.717) is 29.1 Å². The summed E-state index contributed by atoms with van der Waals surface area (Å²) in [5.74, 6) is 0.523. The Bertz CT molecular complexity index is 618. The van der Waals surface area contributed by atoms with Gasteiger partial charge >= 0.3 is 0 Å². The van der Waals surface area contributed by atoms with Crippen LogP contribution in [0.5, 0.6) is 0 Å². The molecule has 0 saturated heterocycles. The van der Waals surface area contributed by atoms with E-state index in [0.717, 1.165) is 0 Å². The lowest BCUT2D eigenvalue weighted by atomic mass is 10.2. The Hall–Kier alpha value is -1.38. The number of sulfonamides is 1. The highest BCUT2D eigenvalue weighted by molar-refractivity contribution is 7.89. The second-order valence-electron chi connectivity index (χ2n) is 6.20. The van der Waals surface area contributed by atoms with Crippen LogP contribution in [0.1, 0.15) is 38.8 Å². The van der Waals surface area contributed by atoms with Gasteiger partial charge in [0.1, 0.15) is 0 Å². The summed E-state index contributed by atoms with van der Waals surface area (Å²) in [7, 11) is -3.52. The first-order valence-electron chi connectivity index (χ1n) is 7.19. The highest BCUT2D eigenvalue weighted by Gasteiger charge is 2.27. The first-order valence-corrected chi connectivity index (χ1v) is 8.63. The number of rotatable bonds is 6. The van der Waals surface area contributed by atoms with Crippen molar-refractivity contribution in [1.82, 2.24) is 4.31 Å². The van der Waals surface area contributed by atoms with E-state index in [1.807, 2.05) is 33.8 Å². The van der Waals surface area contributed by atoms with E-state index in [1.54, 1.807) is 23.4 Å². The molecule has 4 nitrogen and oxygen atoms in total. The van der Waals surface area contributed by atoms with Gasteiger partial charge in [0, 0.05) is 13.1 Å². The minimum Gasteiger partial charge on any atom is -0.207 e. The van der Waals surface area contributed by atoms with E-state index >= 15 is 0 Å². The molecular weight excluding hydrogens is 284 g/mol. The van der Waals surface area contributed by atoms with Gasteiger partial charge in [-0.2, -0.15) is 9.57 Å². The van der Waals surface area contributed by atoms with E-state index in [4.69, 9.17) is 5.26 Å². The molecule has 0 amide bonds. The van der Waals surface area contributed by atoms with Crippen LogP contribution in [0.2, 0.25) is 0 Å². The minimum absolute atomic E-state index is 0.261. The summed E-state index contributed by atoms with van der Waals surface area (Å²) in [6.07, 6.45) is 0. The largest absolute Gasteiger partial charge is 0.243 e. The normalized spacial score (nSPS) is 12.1. The van der Waals surface area contributed by atoms with Crippen molar-refractivity contribution in [2.24, 2.45) is 11.8 Å². The van der Waals surface area contributed by atoms with Gasteiger partial charge in [0.2, 0.25) is 10.0 Å². The van der Waals surface area contributed by atoms with Crippen molar-refractivity contribution < 1.29 is 8.42 Å². The Labute approximate surface area is 128 Å². The smallest absolute Gasteiger partial charge is 0.207 e. The summed E-state index contributed by atoms with van der Waals surface area (Å²) in [5, 5.41) is 8.89. The summed E-state index contributed by atoms with van der Waals surface area (Å²) >= 11 is 0. The second kappa shape index (κ2) is 7.06. The Balaban J connectivity index is 3.25. The number of benzene rings is 1. The van der Waals surface area contributed by atoms with Crippen LogP contribution in [-0.2, 0) is 10.0 Å². The van der Waals surface area contributed by atoms with Gasteiger partial charge in [0.05, 0.1) is 16.5 Å². The molecule has 1 aromatic rings. The highest BCUT2D eigenvalue weighted by atomic mass is 32.2. The summed E-state index contributed by atoms with van der Waals surface area (Å²) in [5.41, 5.74) is 1.09. The van der Waals surface area contributed by atoms with E-state index in [2.05, 4.69) is 0 Å². The average Bonchev–Trinajstić information content (AvgIpc) is 2.36. The Morgan fingerprint density at radius 3 is 2.05 bits per heavy atom. The molecule has 5 heteroatoms. The number of nitriles is 1. The molecule has 0 aliphatic rings. The van der Waals surface area contributed by atoms with Crippen molar-refractivity contribution in [3.05, 3.63) is 29.3 Å². The fraction of sp³-hybridized carbons (Fsp3) is 0.562. The molecule has 0 heterocycles. The van der Waals surface area contributed by atoms with Gasteiger partial charge in [-0.15, -0.1) is 0 Å². The maximum Gasteiger partial charge on any atom is 0.243 e. The topological polar surface area (TPSA) is 61.2 Å². The van der Waals surface area contributed by atoms with Crippen LogP contribution in [0.25, 0.3) is 0 Å². The molecule has 0 unspecified atom stereocenters. The number of nitrogens with zero attached hydrogens (tertiary/aromatic N) is 2. The quantitative estimate of drug-likeness (QED) is 0.811. The Morgan fingerprint density at radius 2 is 1.67 bits per heavy atom. The van der Waals surface area contributed by atoms with Crippen molar-refractivity contribution >= 4 is 10.0 Å². The molecule has 0 saturated carbocycles. The van der Waals surface area contributed by atoms with E-state index < -0.39 is 10.0 Å². The zero-order chi connectivity index (χ0) is 16.2. The van der Waals surface area contributed by atoms with Crippen molar-refractivity contribution in [3.8, 4) is 6.07 Å². The van der Waals surface area contributed by atoms with Gasteiger partial charge in [-0.1, -0.05) is 27.7 Å². The first-order chi connectivity index (χ1) is 9.68. The molecule has 0 bridgehead atoms. The highest BCUT2D eigenvalue weighted by Crippen LogP contribution is 2.22. The monoisotopic (exact) mass is 308 g/mol. The van der Waals surface area contributed by atoms with E-state index in [9.17, 15) is 8.42 Å². The number of aryl methyl sites for hydroxylation is 1. The van der Waals surface area contributed by atoms with Gasteiger partial charge in [0.25, 0.3) is 0 Å². The Kier molecular flexibility index (Phi) is 5.94.